The molecule has 1 aromatic carbocycles. The zero-order chi connectivity index (χ0) is 17.7. The van der Waals surface area contributed by atoms with E-state index in [1.54, 1.807) is 5.57 Å². The highest BCUT2D eigenvalue weighted by Gasteiger charge is 2.19. The van der Waals surface area contributed by atoms with Gasteiger partial charge in [-0.05, 0) is 62.5 Å². The zero-order valence-corrected chi connectivity index (χ0v) is 16.5. The molecule has 0 saturated carbocycles. The molecule has 0 saturated heterocycles. The molecule has 0 amide bonds. The lowest BCUT2D eigenvalue weighted by Gasteiger charge is -2.27. The van der Waals surface area contributed by atoms with Crippen molar-refractivity contribution in [3.63, 3.8) is 0 Å². The van der Waals surface area contributed by atoms with Crippen molar-refractivity contribution >= 4 is 0 Å². The first-order valence-corrected chi connectivity index (χ1v) is 10.7. The van der Waals surface area contributed by atoms with Crippen molar-refractivity contribution in [1.29, 1.82) is 0 Å². The molecule has 1 aliphatic rings. The molecule has 0 fully saturated rings. The monoisotopic (exact) mass is 342 g/mol. The topological polar surface area (TPSA) is 9.23 Å². The largest absolute Gasteiger partial charge is 0.494 e. The third-order valence-electron chi connectivity index (χ3n) is 5.75. The molecule has 0 N–H and O–H groups in total. The fourth-order valence-electron chi connectivity index (χ4n) is 4.09. The number of allylic oxidation sites excluding steroid dienone is 2. The predicted octanol–water partition coefficient (Wildman–Crippen LogP) is 7.57. The van der Waals surface area contributed by atoms with Gasteiger partial charge >= 0.3 is 0 Å². The van der Waals surface area contributed by atoms with E-state index in [4.69, 9.17) is 4.74 Å². The molecule has 140 valence electrons. The van der Waals surface area contributed by atoms with Crippen LogP contribution in [0.2, 0.25) is 0 Å². The number of rotatable bonds is 12. The number of para-hydroxylation sites is 1. The molecule has 1 aliphatic carbocycles. The summed E-state index contributed by atoms with van der Waals surface area (Å²) < 4.78 is 5.85. The third kappa shape index (κ3) is 7.67. The van der Waals surface area contributed by atoms with Crippen molar-refractivity contribution in [1.82, 2.24) is 0 Å². The van der Waals surface area contributed by atoms with Crippen LogP contribution >= 0.6 is 0 Å². The van der Waals surface area contributed by atoms with Crippen LogP contribution in [0.5, 0.6) is 5.75 Å². The smallest absolute Gasteiger partial charge is 0.119 e. The normalized spacial score (nSPS) is 18.6. The Bertz CT molecular complexity index is 476. The predicted molar refractivity (Wildman–Crippen MR) is 109 cm³/mol. The Morgan fingerprint density at radius 1 is 1.04 bits per heavy atom. The molecule has 1 aromatic rings. The summed E-state index contributed by atoms with van der Waals surface area (Å²) in [6, 6.07) is 10.2. The molecule has 25 heavy (non-hydrogen) atoms. The molecule has 0 radical (unpaired) electrons. The maximum Gasteiger partial charge on any atom is 0.119 e. The lowest BCUT2D eigenvalue weighted by Crippen LogP contribution is -2.13. The first-order valence-electron chi connectivity index (χ1n) is 10.7. The summed E-state index contributed by atoms with van der Waals surface area (Å²) >= 11 is 0. The minimum atomic E-state index is 0.778. The lowest BCUT2D eigenvalue weighted by molar-refractivity contribution is 0.293. The van der Waals surface area contributed by atoms with Crippen molar-refractivity contribution in [3.05, 3.63) is 42.0 Å². The van der Waals surface area contributed by atoms with Crippen LogP contribution in [0, 0.1) is 11.8 Å². The van der Waals surface area contributed by atoms with Gasteiger partial charge in [0, 0.05) is 0 Å². The highest BCUT2D eigenvalue weighted by Crippen LogP contribution is 2.34. The van der Waals surface area contributed by atoms with Crippen LogP contribution in [0.4, 0.5) is 0 Å². The van der Waals surface area contributed by atoms with Crippen LogP contribution in [0.25, 0.3) is 0 Å². The first kappa shape index (κ1) is 20.1. The van der Waals surface area contributed by atoms with E-state index in [1.165, 1.54) is 64.2 Å². The molecule has 2 unspecified atom stereocenters. The molecule has 0 heterocycles. The van der Waals surface area contributed by atoms with E-state index >= 15 is 0 Å². The van der Waals surface area contributed by atoms with Gasteiger partial charge in [0.05, 0.1) is 6.61 Å². The van der Waals surface area contributed by atoms with Crippen molar-refractivity contribution in [2.75, 3.05) is 6.61 Å². The fraction of sp³-hybridized carbons (Fsp3) is 0.667. The average molecular weight is 343 g/mol. The van der Waals surface area contributed by atoms with Crippen LogP contribution in [-0.2, 0) is 0 Å². The summed E-state index contributed by atoms with van der Waals surface area (Å²) in [7, 11) is 0. The van der Waals surface area contributed by atoms with Crippen LogP contribution < -0.4 is 4.74 Å². The highest BCUT2D eigenvalue weighted by molar-refractivity contribution is 5.20. The van der Waals surface area contributed by atoms with Gasteiger partial charge in [-0.3, -0.25) is 0 Å². The molecule has 2 atom stereocenters. The van der Waals surface area contributed by atoms with Gasteiger partial charge in [0.15, 0.2) is 0 Å². The summed E-state index contributed by atoms with van der Waals surface area (Å²) in [5.74, 6) is 2.73. The molecule has 1 heteroatoms. The molecule has 0 aromatic heterocycles. The van der Waals surface area contributed by atoms with Gasteiger partial charge in [0.2, 0.25) is 0 Å². The summed E-state index contributed by atoms with van der Waals surface area (Å²) in [5, 5.41) is 0. The molecule has 0 spiro atoms. The second-order valence-electron chi connectivity index (χ2n) is 7.68. The molecule has 0 aliphatic heterocycles. The Morgan fingerprint density at radius 2 is 1.88 bits per heavy atom. The van der Waals surface area contributed by atoms with E-state index < -0.39 is 0 Å². The molecule has 0 bridgehead atoms. The van der Waals surface area contributed by atoms with Crippen molar-refractivity contribution in [2.24, 2.45) is 11.8 Å². The number of benzene rings is 1. The van der Waals surface area contributed by atoms with Gasteiger partial charge in [0.1, 0.15) is 5.75 Å². The van der Waals surface area contributed by atoms with E-state index in [0.29, 0.717) is 0 Å². The van der Waals surface area contributed by atoms with Crippen molar-refractivity contribution in [2.45, 2.75) is 84.5 Å². The Kier molecular flexibility index (Phi) is 9.77. The third-order valence-corrected chi connectivity index (χ3v) is 5.75. The van der Waals surface area contributed by atoms with E-state index in [0.717, 1.165) is 30.6 Å². The van der Waals surface area contributed by atoms with Gasteiger partial charge < -0.3 is 4.74 Å². The number of unbranched alkanes of at least 4 members (excludes halogenated alkanes) is 3. The average Bonchev–Trinajstić information content (AvgIpc) is 2.67. The van der Waals surface area contributed by atoms with Crippen molar-refractivity contribution in [3.8, 4) is 5.75 Å². The molecular formula is C24H38O. The zero-order valence-electron chi connectivity index (χ0n) is 16.5. The summed E-state index contributed by atoms with van der Waals surface area (Å²) in [5.41, 5.74) is 1.74. The quantitative estimate of drug-likeness (QED) is 0.281. The summed E-state index contributed by atoms with van der Waals surface area (Å²) in [6.45, 7) is 5.49. The number of ether oxygens (including phenoxy) is 1. The van der Waals surface area contributed by atoms with E-state index in [1.807, 2.05) is 30.3 Å². The SMILES string of the molecule is CCCCCCC1CC=C(C(CC)CCCOc2ccccc2)CC1. The second kappa shape index (κ2) is 12.2. The van der Waals surface area contributed by atoms with Gasteiger partial charge in [-0.25, -0.2) is 0 Å². The fourth-order valence-corrected chi connectivity index (χ4v) is 4.09. The Labute approximate surface area is 155 Å². The van der Waals surface area contributed by atoms with Gasteiger partial charge in [-0.2, -0.15) is 0 Å². The van der Waals surface area contributed by atoms with Crippen LogP contribution in [-0.4, -0.2) is 6.61 Å². The van der Waals surface area contributed by atoms with E-state index in [9.17, 15) is 0 Å². The van der Waals surface area contributed by atoms with Gasteiger partial charge in [0.25, 0.3) is 0 Å². The molecule has 2 rings (SSSR count). The van der Waals surface area contributed by atoms with Crippen LogP contribution in [0.3, 0.4) is 0 Å². The van der Waals surface area contributed by atoms with E-state index in [2.05, 4.69) is 19.9 Å². The van der Waals surface area contributed by atoms with Crippen LogP contribution in [0.15, 0.2) is 42.0 Å². The minimum absolute atomic E-state index is 0.778. The lowest BCUT2D eigenvalue weighted by atomic mass is 9.79. The second-order valence-corrected chi connectivity index (χ2v) is 7.68. The maximum absolute atomic E-state index is 5.85. The Hall–Kier alpha value is -1.24. The van der Waals surface area contributed by atoms with Crippen molar-refractivity contribution < 1.29 is 4.74 Å². The van der Waals surface area contributed by atoms with Crippen LogP contribution in [0.1, 0.15) is 84.5 Å². The number of hydrogen-bond donors (Lipinski definition) is 0. The molecule has 1 nitrogen and oxygen atoms in total. The highest BCUT2D eigenvalue weighted by atomic mass is 16.5. The Morgan fingerprint density at radius 3 is 2.56 bits per heavy atom. The minimum Gasteiger partial charge on any atom is -0.494 e. The van der Waals surface area contributed by atoms with Gasteiger partial charge in [-0.1, -0.05) is 75.8 Å². The Balaban J connectivity index is 1.65. The summed E-state index contributed by atoms with van der Waals surface area (Å²) in [4.78, 5) is 0. The van der Waals surface area contributed by atoms with E-state index in [-0.39, 0.29) is 0 Å². The standard InChI is InChI=1S/C24H38O/c1-3-5-6-8-12-21-16-18-23(19-17-21)22(4-2)13-11-20-25-24-14-9-7-10-15-24/h7,9-10,14-15,18,21-22H,3-6,8,11-13,16-17,19-20H2,1-2H3. The summed E-state index contributed by atoms with van der Waals surface area (Å²) in [6.07, 6.45) is 17.5. The maximum atomic E-state index is 5.85. The molecular weight excluding hydrogens is 304 g/mol. The van der Waals surface area contributed by atoms with Gasteiger partial charge in [-0.15, -0.1) is 0 Å². The first-order chi connectivity index (χ1) is 12.3. The number of hydrogen-bond acceptors (Lipinski definition) is 1.